The van der Waals surface area contributed by atoms with Gasteiger partial charge in [-0.1, -0.05) is 30.3 Å². The van der Waals surface area contributed by atoms with E-state index in [0.717, 1.165) is 5.56 Å². The molecule has 2 heterocycles. The third kappa shape index (κ3) is 4.21. The summed E-state index contributed by atoms with van der Waals surface area (Å²) in [6.07, 6.45) is -0.639. The van der Waals surface area contributed by atoms with E-state index in [4.69, 9.17) is 4.74 Å². The second-order valence-electron chi connectivity index (χ2n) is 7.21. The number of alkyl carbamates (subject to hydrolysis) is 1. The molecule has 8 nitrogen and oxygen atoms in total. The Morgan fingerprint density at radius 2 is 1.96 bits per heavy atom. The van der Waals surface area contributed by atoms with Crippen molar-refractivity contribution in [1.82, 2.24) is 15.5 Å². The van der Waals surface area contributed by atoms with Crippen LogP contribution in [0.3, 0.4) is 0 Å². The number of nitrogens with zero attached hydrogens (tertiary/aromatic N) is 1. The zero-order chi connectivity index (χ0) is 19.4. The predicted octanol–water partition coefficient (Wildman–Crippen LogP) is 0.401. The number of benzene rings is 1. The summed E-state index contributed by atoms with van der Waals surface area (Å²) in [4.78, 5) is 38.1. The van der Waals surface area contributed by atoms with Crippen molar-refractivity contribution in [3.63, 3.8) is 0 Å². The molecule has 0 bridgehead atoms. The lowest BCUT2D eigenvalue weighted by molar-refractivity contribution is -0.149. The first kappa shape index (κ1) is 19.2. The van der Waals surface area contributed by atoms with E-state index in [-0.39, 0.29) is 23.8 Å². The summed E-state index contributed by atoms with van der Waals surface area (Å²) in [6, 6.07) is 8.10. The Kier molecular flexibility index (Phi) is 5.65. The molecule has 3 amide bonds. The third-order valence-corrected chi connectivity index (χ3v) is 5.34. The van der Waals surface area contributed by atoms with Gasteiger partial charge in [0.25, 0.3) is 0 Å². The Morgan fingerprint density at radius 1 is 1.30 bits per heavy atom. The van der Waals surface area contributed by atoms with Crippen LogP contribution in [0.1, 0.15) is 25.3 Å². The Bertz CT molecular complexity index is 699. The first-order valence-corrected chi connectivity index (χ1v) is 9.14. The van der Waals surface area contributed by atoms with Crippen LogP contribution in [0.4, 0.5) is 4.79 Å². The number of β-lactam (4-membered cyclic amide) rings is 1. The van der Waals surface area contributed by atoms with Gasteiger partial charge in [-0.15, -0.1) is 0 Å². The fraction of sp³-hybridized carbons (Fsp3) is 0.526. The van der Waals surface area contributed by atoms with Gasteiger partial charge in [-0.05, 0) is 25.3 Å². The second-order valence-corrected chi connectivity index (χ2v) is 7.21. The molecule has 0 radical (unpaired) electrons. The van der Waals surface area contributed by atoms with Gasteiger partial charge in [-0.3, -0.25) is 9.59 Å². The lowest BCUT2D eigenvalue weighted by Gasteiger charge is -2.47. The summed E-state index contributed by atoms with van der Waals surface area (Å²) in [6.45, 7) is 3.03. The summed E-state index contributed by atoms with van der Waals surface area (Å²) in [5.41, 5.74) is 0.478. The van der Waals surface area contributed by atoms with E-state index in [9.17, 15) is 19.5 Å². The van der Waals surface area contributed by atoms with Crippen molar-refractivity contribution in [3.8, 4) is 0 Å². The maximum absolute atomic E-state index is 12.7. The van der Waals surface area contributed by atoms with Gasteiger partial charge in [0.1, 0.15) is 12.6 Å². The van der Waals surface area contributed by atoms with Crippen LogP contribution in [0.5, 0.6) is 0 Å². The van der Waals surface area contributed by atoms with Crippen LogP contribution >= 0.6 is 0 Å². The van der Waals surface area contributed by atoms with Crippen molar-refractivity contribution in [3.05, 3.63) is 35.9 Å². The largest absolute Gasteiger partial charge is 0.445 e. The number of rotatable bonds is 5. The molecular formula is C19H25N3O5. The van der Waals surface area contributed by atoms with Gasteiger partial charge in [-0.2, -0.15) is 0 Å². The van der Waals surface area contributed by atoms with Crippen molar-refractivity contribution in [1.29, 1.82) is 0 Å². The smallest absolute Gasteiger partial charge is 0.408 e. The van der Waals surface area contributed by atoms with Crippen molar-refractivity contribution < 1.29 is 24.2 Å². The van der Waals surface area contributed by atoms with Crippen molar-refractivity contribution in [2.75, 3.05) is 19.6 Å². The van der Waals surface area contributed by atoms with Crippen LogP contribution in [0.25, 0.3) is 0 Å². The number of hydrogen-bond acceptors (Lipinski definition) is 5. The molecule has 0 saturated carbocycles. The Hall–Kier alpha value is -2.61. The lowest BCUT2D eigenvalue weighted by atomic mass is 9.72. The highest BCUT2D eigenvalue weighted by Crippen LogP contribution is 2.36. The summed E-state index contributed by atoms with van der Waals surface area (Å²) in [5.74, 6) is -0.319. The van der Waals surface area contributed by atoms with Gasteiger partial charge in [0.15, 0.2) is 0 Å². The Balaban J connectivity index is 1.52. The zero-order valence-electron chi connectivity index (χ0n) is 15.3. The van der Waals surface area contributed by atoms with Gasteiger partial charge in [-0.25, -0.2) is 4.79 Å². The van der Waals surface area contributed by atoms with Gasteiger partial charge >= 0.3 is 6.09 Å². The fourth-order valence-corrected chi connectivity index (χ4v) is 3.45. The minimum Gasteiger partial charge on any atom is -0.445 e. The van der Waals surface area contributed by atoms with E-state index in [1.807, 2.05) is 30.3 Å². The van der Waals surface area contributed by atoms with E-state index in [0.29, 0.717) is 32.5 Å². The van der Waals surface area contributed by atoms with Crippen LogP contribution in [-0.4, -0.2) is 59.7 Å². The summed E-state index contributed by atoms with van der Waals surface area (Å²) < 4.78 is 5.14. The molecule has 3 rings (SSSR count). The standard InChI is InChI=1S/C19H25N3O5/c1-13(23)15(21-18(26)27-11-14-5-3-2-4-6-14)16(24)22-9-7-19(8-10-22)12-20-17(19)25/h2-6,13,15,23H,7-12H2,1H3,(H,20,25)(H,21,26)/t13-,15+/m1/s1. The SMILES string of the molecule is C[C@@H](O)[C@H](NC(=O)OCc1ccccc1)C(=O)N1CCC2(CC1)CNC2=O. The number of nitrogens with one attached hydrogen (secondary N) is 2. The maximum atomic E-state index is 12.7. The predicted molar refractivity (Wildman–Crippen MR) is 96.5 cm³/mol. The second kappa shape index (κ2) is 7.96. The number of carbonyl (C=O) groups is 3. The molecule has 2 atom stereocenters. The van der Waals surface area contributed by atoms with Crippen LogP contribution in [0, 0.1) is 5.41 Å². The average Bonchev–Trinajstić information content (AvgIpc) is 2.69. The van der Waals surface area contributed by atoms with Crippen LogP contribution in [-0.2, 0) is 20.9 Å². The number of likely N-dealkylation sites (tertiary alicyclic amines) is 1. The summed E-state index contributed by atoms with van der Waals surface area (Å²) in [5, 5.41) is 15.2. The topological polar surface area (TPSA) is 108 Å². The van der Waals surface area contributed by atoms with E-state index >= 15 is 0 Å². The van der Waals surface area contributed by atoms with Crippen LogP contribution in [0.15, 0.2) is 30.3 Å². The highest BCUT2D eigenvalue weighted by Gasteiger charge is 2.49. The molecule has 2 aliphatic heterocycles. The van der Waals surface area contributed by atoms with E-state index in [2.05, 4.69) is 10.6 Å². The number of aliphatic hydroxyl groups excluding tert-OH is 1. The molecule has 1 aromatic rings. The maximum Gasteiger partial charge on any atom is 0.408 e. The van der Waals surface area contributed by atoms with E-state index in [1.165, 1.54) is 6.92 Å². The van der Waals surface area contributed by atoms with Gasteiger partial charge in [0, 0.05) is 19.6 Å². The number of aliphatic hydroxyl groups is 1. The van der Waals surface area contributed by atoms with Crippen molar-refractivity contribution >= 4 is 17.9 Å². The molecule has 1 aromatic carbocycles. The Morgan fingerprint density at radius 3 is 2.48 bits per heavy atom. The van der Waals surface area contributed by atoms with Crippen molar-refractivity contribution in [2.45, 2.75) is 38.5 Å². The van der Waals surface area contributed by atoms with Crippen LogP contribution < -0.4 is 10.6 Å². The van der Waals surface area contributed by atoms with Gasteiger partial charge < -0.3 is 25.4 Å². The molecule has 0 aromatic heterocycles. The van der Waals surface area contributed by atoms with E-state index < -0.39 is 18.2 Å². The quantitative estimate of drug-likeness (QED) is 0.646. The third-order valence-electron chi connectivity index (χ3n) is 5.34. The van der Waals surface area contributed by atoms with Gasteiger partial charge in [0.2, 0.25) is 11.8 Å². The summed E-state index contributed by atoms with van der Waals surface area (Å²) in [7, 11) is 0. The zero-order valence-corrected chi connectivity index (χ0v) is 15.3. The van der Waals surface area contributed by atoms with Crippen molar-refractivity contribution in [2.24, 2.45) is 5.41 Å². The van der Waals surface area contributed by atoms with Crippen LogP contribution in [0.2, 0.25) is 0 Å². The minimum absolute atomic E-state index is 0.0456. The number of piperidine rings is 1. The molecule has 2 saturated heterocycles. The molecule has 2 fully saturated rings. The first-order chi connectivity index (χ1) is 12.9. The molecule has 8 heteroatoms. The molecule has 1 spiro atoms. The number of carbonyl (C=O) groups excluding carboxylic acids is 3. The number of ether oxygens (including phenoxy) is 1. The number of hydrogen-bond donors (Lipinski definition) is 3. The molecule has 2 aliphatic rings. The molecule has 0 aliphatic carbocycles. The summed E-state index contributed by atoms with van der Waals surface area (Å²) >= 11 is 0. The highest BCUT2D eigenvalue weighted by atomic mass is 16.5. The highest BCUT2D eigenvalue weighted by molar-refractivity contribution is 5.90. The molecular weight excluding hydrogens is 350 g/mol. The molecule has 27 heavy (non-hydrogen) atoms. The van der Waals surface area contributed by atoms with E-state index in [1.54, 1.807) is 4.90 Å². The van der Waals surface area contributed by atoms with Gasteiger partial charge in [0.05, 0.1) is 11.5 Å². The normalized spacial score (nSPS) is 20.2. The molecule has 146 valence electrons. The number of amides is 3. The Labute approximate surface area is 157 Å². The molecule has 3 N–H and O–H groups in total. The first-order valence-electron chi connectivity index (χ1n) is 9.14. The molecule has 0 unspecified atom stereocenters. The minimum atomic E-state index is -1.09. The lowest BCUT2D eigenvalue weighted by Crippen LogP contribution is -2.64. The average molecular weight is 375 g/mol. The monoisotopic (exact) mass is 375 g/mol. The fourth-order valence-electron chi connectivity index (χ4n) is 3.45.